The first-order chi connectivity index (χ1) is 8.92. The van der Waals surface area contributed by atoms with Gasteiger partial charge in [0.2, 0.25) is 0 Å². The molecular weight excluding hydrogens is 304 g/mol. The second-order valence-corrected chi connectivity index (χ2v) is 6.34. The van der Waals surface area contributed by atoms with Crippen molar-refractivity contribution in [2.24, 2.45) is 5.73 Å². The van der Waals surface area contributed by atoms with Crippen LogP contribution in [0.15, 0.2) is 28.7 Å². The fourth-order valence-electron chi connectivity index (χ4n) is 2.27. The minimum atomic E-state index is -0.0637. The fraction of sp³-hybridized carbons (Fsp3) is 0.600. The summed E-state index contributed by atoms with van der Waals surface area (Å²) in [5.41, 5.74) is 7.26. The molecule has 0 saturated heterocycles. The highest BCUT2D eigenvalue weighted by Crippen LogP contribution is 2.22. The molecule has 0 amide bonds. The van der Waals surface area contributed by atoms with Gasteiger partial charge < -0.3 is 10.5 Å². The molecule has 0 aliphatic carbocycles. The van der Waals surface area contributed by atoms with Crippen LogP contribution in [-0.4, -0.2) is 43.8 Å². The molecule has 0 bridgehead atoms. The Balaban J connectivity index is 2.81. The summed E-state index contributed by atoms with van der Waals surface area (Å²) < 4.78 is 6.35. The first kappa shape index (κ1) is 16.6. The lowest BCUT2D eigenvalue weighted by Crippen LogP contribution is -2.55. The quantitative estimate of drug-likeness (QED) is 0.836. The number of nitrogens with two attached hydrogens (primary N) is 1. The summed E-state index contributed by atoms with van der Waals surface area (Å²) in [6, 6.07) is 8.78. The molecule has 1 aromatic rings. The van der Waals surface area contributed by atoms with Gasteiger partial charge in [0.05, 0.1) is 6.61 Å². The van der Waals surface area contributed by atoms with E-state index in [-0.39, 0.29) is 5.54 Å². The topological polar surface area (TPSA) is 38.5 Å². The SMILES string of the molecule is COCC(C)N(C)C(C)(CN)Cc1ccc(Br)cc1. The lowest BCUT2D eigenvalue weighted by molar-refractivity contribution is 0.0474. The predicted octanol–water partition coefficient (Wildman–Crippen LogP) is 2.68. The second-order valence-electron chi connectivity index (χ2n) is 5.42. The molecule has 1 aromatic carbocycles. The lowest BCUT2D eigenvalue weighted by Gasteiger charge is -2.42. The van der Waals surface area contributed by atoms with E-state index in [1.165, 1.54) is 5.56 Å². The third-order valence-corrected chi connectivity index (χ3v) is 4.39. The molecule has 3 nitrogen and oxygen atoms in total. The fourth-order valence-corrected chi connectivity index (χ4v) is 2.53. The molecule has 0 heterocycles. The maximum atomic E-state index is 6.03. The van der Waals surface area contributed by atoms with E-state index in [0.717, 1.165) is 10.9 Å². The molecule has 4 heteroatoms. The predicted molar refractivity (Wildman–Crippen MR) is 84.4 cm³/mol. The summed E-state index contributed by atoms with van der Waals surface area (Å²) in [4.78, 5) is 2.32. The summed E-state index contributed by atoms with van der Waals surface area (Å²) in [6.07, 6.45) is 0.932. The third kappa shape index (κ3) is 4.56. The molecule has 19 heavy (non-hydrogen) atoms. The van der Waals surface area contributed by atoms with E-state index in [1.807, 2.05) is 0 Å². The van der Waals surface area contributed by atoms with Crippen LogP contribution < -0.4 is 5.73 Å². The van der Waals surface area contributed by atoms with Gasteiger partial charge in [-0.15, -0.1) is 0 Å². The van der Waals surface area contributed by atoms with Crippen LogP contribution in [0.1, 0.15) is 19.4 Å². The highest BCUT2D eigenvalue weighted by Gasteiger charge is 2.31. The Morgan fingerprint density at radius 1 is 1.37 bits per heavy atom. The third-order valence-electron chi connectivity index (χ3n) is 3.86. The normalized spacial score (nSPS) is 16.4. The van der Waals surface area contributed by atoms with E-state index in [4.69, 9.17) is 10.5 Å². The number of hydrogen-bond donors (Lipinski definition) is 1. The number of ether oxygens (including phenoxy) is 1. The Bertz CT molecular complexity index is 382. The van der Waals surface area contributed by atoms with Gasteiger partial charge in [-0.2, -0.15) is 0 Å². The van der Waals surface area contributed by atoms with Crippen molar-refractivity contribution in [1.29, 1.82) is 0 Å². The number of halogens is 1. The minimum Gasteiger partial charge on any atom is -0.383 e. The van der Waals surface area contributed by atoms with E-state index >= 15 is 0 Å². The maximum Gasteiger partial charge on any atom is 0.0615 e. The van der Waals surface area contributed by atoms with Crippen LogP contribution in [0.4, 0.5) is 0 Å². The van der Waals surface area contributed by atoms with Gasteiger partial charge in [0.25, 0.3) is 0 Å². The Kier molecular flexibility index (Phi) is 6.47. The Hall–Kier alpha value is -0.420. The average Bonchev–Trinajstić information content (AvgIpc) is 2.40. The largest absolute Gasteiger partial charge is 0.383 e. The van der Waals surface area contributed by atoms with Crippen LogP contribution >= 0.6 is 15.9 Å². The molecule has 0 aliphatic heterocycles. The van der Waals surface area contributed by atoms with Crippen LogP contribution in [0.25, 0.3) is 0 Å². The van der Waals surface area contributed by atoms with Crippen molar-refractivity contribution in [2.45, 2.75) is 31.8 Å². The van der Waals surface area contributed by atoms with Crippen LogP contribution in [0.3, 0.4) is 0 Å². The van der Waals surface area contributed by atoms with Gasteiger partial charge in [0, 0.05) is 29.7 Å². The average molecular weight is 329 g/mol. The smallest absolute Gasteiger partial charge is 0.0615 e. The van der Waals surface area contributed by atoms with Crippen LogP contribution in [-0.2, 0) is 11.2 Å². The van der Waals surface area contributed by atoms with Crippen LogP contribution in [0.5, 0.6) is 0 Å². The molecule has 0 spiro atoms. The van der Waals surface area contributed by atoms with Gasteiger partial charge >= 0.3 is 0 Å². The molecule has 0 fully saturated rings. The monoisotopic (exact) mass is 328 g/mol. The summed E-state index contributed by atoms with van der Waals surface area (Å²) in [7, 11) is 3.86. The summed E-state index contributed by atoms with van der Waals surface area (Å²) in [6.45, 7) is 5.71. The first-order valence-electron chi connectivity index (χ1n) is 6.59. The molecule has 2 atom stereocenters. The summed E-state index contributed by atoms with van der Waals surface area (Å²) in [5.74, 6) is 0. The minimum absolute atomic E-state index is 0.0637. The van der Waals surface area contributed by atoms with Crippen molar-refractivity contribution in [3.63, 3.8) is 0 Å². The Labute approximate surface area is 125 Å². The van der Waals surface area contributed by atoms with Crippen LogP contribution in [0, 0.1) is 0 Å². The lowest BCUT2D eigenvalue weighted by atomic mass is 9.90. The maximum absolute atomic E-state index is 6.03. The Morgan fingerprint density at radius 3 is 2.42 bits per heavy atom. The molecular formula is C15H25BrN2O. The second kappa shape index (κ2) is 7.39. The van der Waals surface area contributed by atoms with E-state index in [9.17, 15) is 0 Å². The summed E-state index contributed by atoms with van der Waals surface area (Å²) >= 11 is 3.46. The molecule has 0 aromatic heterocycles. The zero-order valence-electron chi connectivity index (χ0n) is 12.3. The number of methoxy groups -OCH3 is 1. The van der Waals surface area contributed by atoms with E-state index < -0.39 is 0 Å². The molecule has 1 rings (SSSR count). The zero-order chi connectivity index (χ0) is 14.5. The molecule has 0 saturated carbocycles. The molecule has 2 unspecified atom stereocenters. The van der Waals surface area contributed by atoms with Crippen molar-refractivity contribution >= 4 is 15.9 Å². The van der Waals surface area contributed by atoms with Crippen molar-refractivity contribution in [1.82, 2.24) is 4.90 Å². The Morgan fingerprint density at radius 2 is 1.95 bits per heavy atom. The number of rotatable bonds is 7. The van der Waals surface area contributed by atoms with Gasteiger partial charge in [-0.1, -0.05) is 28.1 Å². The van der Waals surface area contributed by atoms with Crippen LogP contribution in [0.2, 0.25) is 0 Å². The number of nitrogens with zero attached hydrogens (tertiary/aromatic N) is 1. The van der Waals surface area contributed by atoms with Crippen molar-refractivity contribution in [3.05, 3.63) is 34.3 Å². The molecule has 108 valence electrons. The van der Waals surface area contributed by atoms with Crippen molar-refractivity contribution in [2.75, 3.05) is 27.3 Å². The number of hydrogen-bond acceptors (Lipinski definition) is 3. The standard InChI is InChI=1S/C15H25BrN2O/c1-12(10-19-4)18(3)15(2,11-17)9-13-5-7-14(16)8-6-13/h5-8,12H,9-11,17H2,1-4H3. The van der Waals surface area contributed by atoms with Crippen molar-refractivity contribution in [3.8, 4) is 0 Å². The highest BCUT2D eigenvalue weighted by molar-refractivity contribution is 9.10. The highest BCUT2D eigenvalue weighted by atomic mass is 79.9. The first-order valence-corrected chi connectivity index (χ1v) is 7.38. The number of likely N-dealkylation sites (N-methyl/N-ethyl adjacent to an activating group) is 1. The zero-order valence-corrected chi connectivity index (χ0v) is 13.9. The molecule has 0 aliphatic rings. The van der Waals surface area contributed by atoms with E-state index in [1.54, 1.807) is 7.11 Å². The van der Waals surface area contributed by atoms with Crippen molar-refractivity contribution < 1.29 is 4.74 Å². The molecule has 2 N–H and O–H groups in total. The van der Waals surface area contributed by atoms with Gasteiger partial charge in [0.15, 0.2) is 0 Å². The van der Waals surface area contributed by atoms with Gasteiger partial charge in [-0.05, 0) is 45.0 Å². The van der Waals surface area contributed by atoms with Gasteiger partial charge in [0.1, 0.15) is 0 Å². The van der Waals surface area contributed by atoms with E-state index in [2.05, 4.69) is 66.0 Å². The number of benzene rings is 1. The molecule has 0 radical (unpaired) electrons. The van der Waals surface area contributed by atoms with Gasteiger partial charge in [-0.3, -0.25) is 4.90 Å². The summed E-state index contributed by atoms with van der Waals surface area (Å²) in [5, 5.41) is 0. The van der Waals surface area contributed by atoms with E-state index in [0.29, 0.717) is 19.2 Å². The van der Waals surface area contributed by atoms with Gasteiger partial charge in [-0.25, -0.2) is 0 Å².